The molecule has 0 aliphatic carbocycles. The van der Waals surface area contributed by atoms with Gasteiger partial charge in [0, 0.05) is 0 Å². The van der Waals surface area contributed by atoms with E-state index in [4.69, 9.17) is 13.3 Å². The SMILES string of the molecule is c1coc(-c2ccc(-c3ncco3)o2)n1. The summed E-state index contributed by atoms with van der Waals surface area (Å²) in [7, 11) is 0. The molecule has 0 bridgehead atoms. The minimum absolute atomic E-state index is 0.438. The number of aromatic nitrogens is 2. The smallest absolute Gasteiger partial charge is 0.262 e. The second-order valence-electron chi connectivity index (χ2n) is 2.84. The van der Waals surface area contributed by atoms with E-state index < -0.39 is 0 Å². The number of oxazole rings is 2. The third kappa shape index (κ3) is 1.34. The highest BCUT2D eigenvalue weighted by atomic mass is 16.4. The highest BCUT2D eigenvalue weighted by molar-refractivity contribution is 5.53. The molecule has 0 amide bonds. The zero-order valence-corrected chi connectivity index (χ0v) is 7.58. The predicted octanol–water partition coefficient (Wildman–Crippen LogP) is 2.59. The second-order valence-corrected chi connectivity index (χ2v) is 2.84. The largest absolute Gasteiger partial charge is 0.446 e. The van der Waals surface area contributed by atoms with Crippen molar-refractivity contribution < 1.29 is 13.3 Å². The van der Waals surface area contributed by atoms with Gasteiger partial charge in [-0.3, -0.25) is 0 Å². The van der Waals surface area contributed by atoms with Crippen molar-refractivity contribution in [2.45, 2.75) is 0 Å². The van der Waals surface area contributed by atoms with Gasteiger partial charge in [-0.2, -0.15) is 0 Å². The van der Waals surface area contributed by atoms with Gasteiger partial charge in [0.15, 0.2) is 11.5 Å². The van der Waals surface area contributed by atoms with E-state index in [1.54, 1.807) is 24.5 Å². The summed E-state index contributed by atoms with van der Waals surface area (Å²) in [6, 6.07) is 3.51. The Kier molecular flexibility index (Phi) is 1.68. The van der Waals surface area contributed by atoms with Gasteiger partial charge in [-0.15, -0.1) is 0 Å². The average molecular weight is 202 g/mol. The van der Waals surface area contributed by atoms with Crippen LogP contribution in [0.15, 0.2) is 50.3 Å². The van der Waals surface area contributed by atoms with Crippen LogP contribution in [0.25, 0.3) is 23.3 Å². The maximum atomic E-state index is 5.46. The fourth-order valence-corrected chi connectivity index (χ4v) is 1.26. The molecule has 0 aliphatic heterocycles. The molecular formula is C10H6N2O3. The number of hydrogen-bond donors (Lipinski definition) is 0. The average Bonchev–Trinajstić information content (AvgIpc) is 3.02. The van der Waals surface area contributed by atoms with Crippen molar-refractivity contribution in [2.24, 2.45) is 0 Å². The van der Waals surface area contributed by atoms with E-state index in [2.05, 4.69) is 9.97 Å². The number of rotatable bonds is 2. The molecule has 0 aromatic carbocycles. The summed E-state index contributed by atoms with van der Waals surface area (Å²) < 4.78 is 15.6. The van der Waals surface area contributed by atoms with Gasteiger partial charge in [0.05, 0.1) is 12.4 Å². The van der Waals surface area contributed by atoms with Crippen molar-refractivity contribution in [3.8, 4) is 23.3 Å². The Bertz CT molecular complexity index is 488. The zero-order valence-electron chi connectivity index (χ0n) is 7.58. The molecule has 0 fully saturated rings. The van der Waals surface area contributed by atoms with Gasteiger partial charge in [0.2, 0.25) is 0 Å². The molecule has 0 aliphatic rings. The fourth-order valence-electron chi connectivity index (χ4n) is 1.26. The van der Waals surface area contributed by atoms with Crippen LogP contribution in [0, 0.1) is 0 Å². The molecule has 3 rings (SSSR count). The van der Waals surface area contributed by atoms with Crippen LogP contribution in [-0.2, 0) is 0 Å². The summed E-state index contributed by atoms with van der Waals surface area (Å²) in [5.74, 6) is 1.97. The minimum atomic E-state index is 0.438. The topological polar surface area (TPSA) is 65.2 Å². The van der Waals surface area contributed by atoms with Crippen molar-refractivity contribution in [1.29, 1.82) is 0 Å². The maximum absolute atomic E-state index is 5.46. The number of furan rings is 1. The number of nitrogens with zero attached hydrogens (tertiary/aromatic N) is 2. The summed E-state index contributed by atoms with van der Waals surface area (Å²) in [4.78, 5) is 7.94. The van der Waals surface area contributed by atoms with Gasteiger partial charge in [-0.05, 0) is 12.1 Å². The molecule has 5 nitrogen and oxygen atoms in total. The van der Waals surface area contributed by atoms with Crippen LogP contribution < -0.4 is 0 Å². The highest BCUT2D eigenvalue weighted by Gasteiger charge is 2.12. The fraction of sp³-hybridized carbons (Fsp3) is 0. The van der Waals surface area contributed by atoms with Gasteiger partial charge < -0.3 is 13.3 Å². The first-order valence-corrected chi connectivity index (χ1v) is 4.33. The molecule has 3 aromatic rings. The van der Waals surface area contributed by atoms with Gasteiger partial charge in [0.1, 0.15) is 12.5 Å². The second kappa shape index (κ2) is 3.13. The molecular weight excluding hydrogens is 196 g/mol. The van der Waals surface area contributed by atoms with Crippen molar-refractivity contribution in [2.75, 3.05) is 0 Å². The molecule has 15 heavy (non-hydrogen) atoms. The normalized spacial score (nSPS) is 10.7. The maximum Gasteiger partial charge on any atom is 0.262 e. The van der Waals surface area contributed by atoms with Crippen LogP contribution >= 0.6 is 0 Å². The molecule has 74 valence electrons. The first-order valence-electron chi connectivity index (χ1n) is 4.33. The molecule has 0 N–H and O–H groups in total. The monoisotopic (exact) mass is 202 g/mol. The summed E-state index contributed by atoms with van der Waals surface area (Å²) in [6.45, 7) is 0. The molecule has 5 heteroatoms. The Hall–Kier alpha value is -2.30. The van der Waals surface area contributed by atoms with E-state index in [0.29, 0.717) is 23.3 Å². The molecule has 0 saturated carbocycles. The van der Waals surface area contributed by atoms with Crippen LogP contribution in [0.4, 0.5) is 0 Å². The number of hydrogen-bond acceptors (Lipinski definition) is 5. The summed E-state index contributed by atoms with van der Waals surface area (Å²) >= 11 is 0. The van der Waals surface area contributed by atoms with Crippen LogP contribution in [0.3, 0.4) is 0 Å². The zero-order chi connectivity index (χ0) is 10.1. The summed E-state index contributed by atoms with van der Waals surface area (Å²) in [6.07, 6.45) is 6.09. The Morgan fingerprint density at radius 1 is 0.800 bits per heavy atom. The third-order valence-corrected chi connectivity index (χ3v) is 1.89. The van der Waals surface area contributed by atoms with Crippen LogP contribution in [0.1, 0.15) is 0 Å². The van der Waals surface area contributed by atoms with E-state index in [0.717, 1.165) is 0 Å². The Morgan fingerprint density at radius 2 is 1.33 bits per heavy atom. The lowest BCUT2D eigenvalue weighted by Gasteiger charge is -1.88. The first-order chi connectivity index (χ1) is 7.43. The molecule has 0 unspecified atom stereocenters. The summed E-state index contributed by atoms with van der Waals surface area (Å²) in [5, 5.41) is 0. The van der Waals surface area contributed by atoms with Crippen molar-refractivity contribution in [3.63, 3.8) is 0 Å². The minimum Gasteiger partial charge on any atom is -0.446 e. The van der Waals surface area contributed by atoms with Gasteiger partial charge in [-0.1, -0.05) is 0 Å². The molecule has 0 spiro atoms. The highest BCUT2D eigenvalue weighted by Crippen LogP contribution is 2.26. The van der Waals surface area contributed by atoms with Crippen LogP contribution in [0.5, 0.6) is 0 Å². The van der Waals surface area contributed by atoms with E-state index in [1.807, 2.05) is 0 Å². The summed E-state index contributed by atoms with van der Waals surface area (Å²) in [5.41, 5.74) is 0. The Labute approximate surface area is 84.4 Å². The van der Waals surface area contributed by atoms with Crippen molar-refractivity contribution in [1.82, 2.24) is 9.97 Å². The lowest BCUT2D eigenvalue weighted by Crippen LogP contribution is -1.71. The van der Waals surface area contributed by atoms with Gasteiger partial charge in [-0.25, -0.2) is 9.97 Å². The molecule has 0 saturated heterocycles. The van der Waals surface area contributed by atoms with Crippen molar-refractivity contribution >= 4 is 0 Å². The van der Waals surface area contributed by atoms with E-state index >= 15 is 0 Å². The van der Waals surface area contributed by atoms with Crippen molar-refractivity contribution in [3.05, 3.63) is 37.1 Å². The van der Waals surface area contributed by atoms with Crippen LogP contribution in [0.2, 0.25) is 0 Å². The quantitative estimate of drug-likeness (QED) is 0.638. The Balaban J connectivity index is 2.02. The van der Waals surface area contributed by atoms with Gasteiger partial charge >= 0.3 is 0 Å². The van der Waals surface area contributed by atoms with E-state index in [9.17, 15) is 0 Å². The lowest BCUT2D eigenvalue weighted by atomic mass is 10.4. The van der Waals surface area contributed by atoms with E-state index in [-0.39, 0.29) is 0 Å². The third-order valence-electron chi connectivity index (χ3n) is 1.89. The van der Waals surface area contributed by atoms with E-state index in [1.165, 1.54) is 12.5 Å². The van der Waals surface area contributed by atoms with Gasteiger partial charge in [0.25, 0.3) is 11.8 Å². The Morgan fingerprint density at radius 3 is 1.73 bits per heavy atom. The molecule has 3 heterocycles. The molecule has 0 atom stereocenters. The predicted molar refractivity (Wildman–Crippen MR) is 49.7 cm³/mol. The molecule has 3 aromatic heterocycles. The van der Waals surface area contributed by atoms with Crippen LogP contribution in [-0.4, -0.2) is 9.97 Å². The first kappa shape index (κ1) is 8.05. The lowest BCUT2D eigenvalue weighted by molar-refractivity contribution is 0.500. The standard InChI is InChI=1S/C10H6N2O3/c1-2-8(10-12-4-6-14-10)15-7(1)9-11-3-5-13-9/h1-6H. The molecule has 0 radical (unpaired) electrons.